The summed E-state index contributed by atoms with van der Waals surface area (Å²) in [5.41, 5.74) is 0. The topological polar surface area (TPSA) is 21.3 Å². The maximum Gasteiger partial charge on any atom is 0.109 e. The molecule has 0 aromatic heterocycles. The Bertz CT molecular complexity index is 206. The third-order valence-corrected chi connectivity index (χ3v) is 3.45. The van der Waals surface area contributed by atoms with Gasteiger partial charge in [0.25, 0.3) is 0 Å². The van der Waals surface area contributed by atoms with E-state index < -0.39 is 0 Å². The molecule has 1 heterocycles. The molecule has 0 radical (unpaired) electrons. The summed E-state index contributed by atoms with van der Waals surface area (Å²) in [6.07, 6.45) is 10.2. The van der Waals surface area contributed by atoms with Crippen molar-refractivity contribution in [3.05, 3.63) is 11.8 Å². The Morgan fingerprint density at radius 3 is 2.71 bits per heavy atom. The van der Waals surface area contributed by atoms with E-state index in [1.165, 1.54) is 44.3 Å². The Morgan fingerprint density at radius 2 is 2.14 bits per heavy atom. The summed E-state index contributed by atoms with van der Waals surface area (Å²) in [5.74, 6) is 2.02. The van der Waals surface area contributed by atoms with Crippen molar-refractivity contribution in [3.8, 4) is 0 Å². The summed E-state index contributed by atoms with van der Waals surface area (Å²) >= 11 is 0. The fourth-order valence-corrected chi connectivity index (χ4v) is 2.69. The highest BCUT2D eigenvalue weighted by atomic mass is 16.5. The summed E-state index contributed by atoms with van der Waals surface area (Å²) in [7, 11) is 2.06. The van der Waals surface area contributed by atoms with Crippen LogP contribution in [0.1, 0.15) is 38.5 Å². The van der Waals surface area contributed by atoms with Crippen molar-refractivity contribution < 1.29 is 4.74 Å². The Morgan fingerprint density at radius 1 is 1.36 bits per heavy atom. The Hall–Kier alpha value is -0.500. The first-order valence-electron chi connectivity index (χ1n) is 5.92. The lowest BCUT2D eigenvalue weighted by atomic mass is 9.95. The highest BCUT2D eigenvalue weighted by Crippen LogP contribution is 2.31. The van der Waals surface area contributed by atoms with Gasteiger partial charge in [-0.1, -0.05) is 12.8 Å². The maximum absolute atomic E-state index is 5.74. The van der Waals surface area contributed by atoms with Crippen molar-refractivity contribution in [2.45, 2.75) is 44.6 Å². The minimum absolute atomic E-state index is 0.484. The highest BCUT2D eigenvalue weighted by molar-refractivity contribution is 5.08. The van der Waals surface area contributed by atoms with Crippen LogP contribution in [0.25, 0.3) is 0 Å². The molecule has 1 N–H and O–H groups in total. The number of rotatable bonds is 3. The van der Waals surface area contributed by atoms with Crippen LogP contribution in [0.15, 0.2) is 11.8 Å². The first-order chi connectivity index (χ1) is 6.92. The van der Waals surface area contributed by atoms with Gasteiger partial charge in [-0.25, -0.2) is 0 Å². The number of hydrogen-bond donors (Lipinski definition) is 1. The number of nitrogens with one attached hydrogen (secondary N) is 1. The second-order valence-corrected chi connectivity index (χ2v) is 4.41. The van der Waals surface area contributed by atoms with Gasteiger partial charge in [0, 0.05) is 0 Å². The molecule has 1 atom stereocenters. The Kier molecular flexibility index (Phi) is 3.46. The molecule has 0 bridgehead atoms. The third-order valence-electron chi connectivity index (χ3n) is 3.45. The van der Waals surface area contributed by atoms with Gasteiger partial charge < -0.3 is 10.1 Å². The molecular formula is C12H21NO. The minimum atomic E-state index is 0.484. The van der Waals surface area contributed by atoms with E-state index in [0.717, 1.165) is 12.5 Å². The molecule has 0 spiro atoms. The van der Waals surface area contributed by atoms with Gasteiger partial charge in [-0.15, -0.1) is 0 Å². The molecule has 0 amide bonds. The van der Waals surface area contributed by atoms with E-state index in [2.05, 4.69) is 18.4 Å². The standard InChI is InChI=1S/C12H21NO/c1-13-12(10-6-2-3-7-10)11-8-4-5-9-14-11/h8,10,12-13H,2-7,9H2,1H3. The van der Waals surface area contributed by atoms with Gasteiger partial charge in [0.15, 0.2) is 0 Å². The average molecular weight is 195 g/mol. The molecule has 80 valence electrons. The van der Waals surface area contributed by atoms with Gasteiger partial charge in [0.05, 0.1) is 12.6 Å². The van der Waals surface area contributed by atoms with E-state index in [1.807, 2.05) is 0 Å². The summed E-state index contributed by atoms with van der Waals surface area (Å²) in [6, 6.07) is 0.484. The molecule has 2 heteroatoms. The van der Waals surface area contributed by atoms with E-state index in [-0.39, 0.29) is 0 Å². The van der Waals surface area contributed by atoms with Crippen molar-refractivity contribution in [2.24, 2.45) is 5.92 Å². The largest absolute Gasteiger partial charge is 0.497 e. The highest BCUT2D eigenvalue weighted by Gasteiger charge is 2.28. The van der Waals surface area contributed by atoms with Crippen LogP contribution in [0.3, 0.4) is 0 Å². The van der Waals surface area contributed by atoms with Crippen molar-refractivity contribution in [2.75, 3.05) is 13.7 Å². The van der Waals surface area contributed by atoms with Gasteiger partial charge in [-0.2, -0.15) is 0 Å². The molecule has 1 aliphatic carbocycles. The van der Waals surface area contributed by atoms with Crippen LogP contribution in [0.2, 0.25) is 0 Å². The molecule has 1 unspecified atom stereocenters. The van der Waals surface area contributed by atoms with E-state index in [4.69, 9.17) is 4.74 Å². The van der Waals surface area contributed by atoms with Gasteiger partial charge >= 0.3 is 0 Å². The first kappa shape index (κ1) is 10.0. The molecule has 0 saturated heterocycles. The van der Waals surface area contributed by atoms with Gasteiger partial charge in [-0.3, -0.25) is 0 Å². The van der Waals surface area contributed by atoms with Gasteiger partial charge in [-0.05, 0) is 44.7 Å². The number of likely N-dealkylation sites (N-methyl/N-ethyl adjacent to an activating group) is 1. The van der Waals surface area contributed by atoms with Crippen LogP contribution in [-0.2, 0) is 4.74 Å². The summed E-state index contributed by atoms with van der Waals surface area (Å²) in [5, 5.41) is 3.42. The summed E-state index contributed by atoms with van der Waals surface area (Å²) in [6.45, 7) is 0.913. The SMILES string of the molecule is CNC(C1=CCCCO1)C1CCCC1. The Balaban J connectivity index is 1.99. The van der Waals surface area contributed by atoms with Crippen molar-refractivity contribution in [1.29, 1.82) is 0 Å². The third kappa shape index (κ3) is 2.11. The monoisotopic (exact) mass is 195 g/mol. The fourth-order valence-electron chi connectivity index (χ4n) is 2.69. The smallest absolute Gasteiger partial charge is 0.109 e. The van der Waals surface area contributed by atoms with Crippen LogP contribution in [-0.4, -0.2) is 19.7 Å². The van der Waals surface area contributed by atoms with E-state index in [9.17, 15) is 0 Å². The fraction of sp³-hybridized carbons (Fsp3) is 0.833. The van der Waals surface area contributed by atoms with Crippen LogP contribution in [0.4, 0.5) is 0 Å². The zero-order valence-corrected chi connectivity index (χ0v) is 9.09. The molecule has 2 aliphatic rings. The number of allylic oxidation sites excluding steroid dienone is 1. The van der Waals surface area contributed by atoms with E-state index in [0.29, 0.717) is 6.04 Å². The van der Waals surface area contributed by atoms with Crippen molar-refractivity contribution in [1.82, 2.24) is 5.32 Å². The molecule has 1 aliphatic heterocycles. The van der Waals surface area contributed by atoms with Crippen molar-refractivity contribution in [3.63, 3.8) is 0 Å². The normalized spacial score (nSPS) is 25.6. The van der Waals surface area contributed by atoms with Crippen LogP contribution in [0.5, 0.6) is 0 Å². The maximum atomic E-state index is 5.74. The van der Waals surface area contributed by atoms with Crippen LogP contribution >= 0.6 is 0 Å². The lowest BCUT2D eigenvalue weighted by Gasteiger charge is -2.27. The molecular weight excluding hydrogens is 174 g/mol. The molecule has 1 saturated carbocycles. The molecule has 14 heavy (non-hydrogen) atoms. The zero-order chi connectivity index (χ0) is 9.80. The molecule has 0 aromatic rings. The predicted octanol–water partition coefficient (Wildman–Crippen LogP) is 2.46. The molecule has 2 nitrogen and oxygen atoms in total. The summed E-state index contributed by atoms with van der Waals surface area (Å²) in [4.78, 5) is 0. The van der Waals surface area contributed by atoms with Crippen LogP contribution < -0.4 is 5.32 Å². The number of ether oxygens (including phenoxy) is 1. The summed E-state index contributed by atoms with van der Waals surface area (Å²) < 4.78 is 5.74. The molecule has 0 aromatic carbocycles. The van der Waals surface area contributed by atoms with Gasteiger partial charge in [0.1, 0.15) is 5.76 Å². The minimum Gasteiger partial charge on any atom is -0.497 e. The van der Waals surface area contributed by atoms with Crippen molar-refractivity contribution >= 4 is 0 Å². The second-order valence-electron chi connectivity index (χ2n) is 4.41. The quantitative estimate of drug-likeness (QED) is 0.747. The first-order valence-corrected chi connectivity index (χ1v) is 5.92. The second kappa shape index (κ2) is 4.83. The molecule has 1 fully saturated rings. The van der Waals surface area contributed by atoms with E-state index in [1.54, 1.807) is 0 Å². The van der Waals surface area contributed by atoms with Crippen LogP contribution in [0, 0.1) is 5.92 Å². The van der Waals surface area contributed by atoms with E-state index >= 15 is 0 Å². The van der Waals surface area contributed by atoms with Gasteiger partial charge in [0.2, 0.25) is 0 Å². The zero-order valence-electron chi connectivity index (χ0n) is 9.09. The lowest BCUT2D eigenvalue weighted by Crippen LogP contribution is -2.35. The lowest BCUT2D eigenvalue weighted by molar-refractivity contribution is 0.153. The number of hydrogen-bond acceptors (Lipinski definition) is 2. The average Bonchev–Trinajstić information content (AvgIpc) is 2.74. The predicted molar refractivity (Wildman–Crippen MR) is 58.1 cm³/mol. The molecule has 2 rings (SSSR count). The Labute approximate surface area is 86.7 Å².